The maximum Gasteiger partial charge on any atom is 0.191 e. The second-order valence-electron chi connectivity index (χ2n) is 9.98. The van der Waals surface area contributed by atoms with E-state index in [4.69, 9.17) is 4.43 Å². The SMILES string of the molecule is CC(C)(C)[Si](C)(C)OCCC[C@]1(C)CC[C@@H](O)C=C1CCSc1ccccc1. The minimum Gasteiger partial charge on any atom is -0.417 e. The molecule has 2 atom stereocenters. The average molecular weight is 421 g/mol. The van der Waals surface area contributed by atoms with Gasteiger partial charge in [-0.25, -0.2) is 0 Å². The van der Waals surface area contributed by atoms with Crippen LogP contribution in [0.25, 0.3) is 0 Å². The van der Waals surface area contributed by atoms with Crippen molar-refractivity contribution in [3.8, 4) is 0 Å². The molecule has 0 fully saturated rings. The first-order valence-corrected chi connectivity index (χ1v) is 14.6. The fourth-order valence-electron chi connectivity index (χ4n) is 3.62. The van der Waals surface area contributed by atoms with Gasteiger partial charge in [0, 0.05) is 17.3 Å². The molecule has 1 aromatic carbocycles. The summed E-state index contributed by atoms with van der Waals surface area (Å²) in [7, 11) is -1.66. The highest BCUT2D eigenvalue weighted by Gasteiger charge is 2.37. The maximum atomic E-state index is 10.2. The van der Waals surface area contributed by atoms with Crippen LogP contribution in [-0.2, 0) is 4.43 Å². The molecule has 0 unspecified atom stereocenters. The summed E-state index contributed by atoms with van der Waals surface area (Å²) in [6.07, 6.45) is 7.14. The molecule has 1 aliphatic rings. The van der Waals surface area contributed by atoms with Gasteiger partial charge in [0.2, 0.25) is 0 Å². The summed E-state index contributed by atoms with van der Waals surface area (Å²) in [4.78, 5) is 1.32. The summed E-state index contributed by atoms with van der Waals surface area (Å²) in [6, 6.07) is 10.6. The van der Waals surface area contributed by atoms with E-state index in [9.17, 15) is 5.11 Å². The van der Waals surface area contributed by atoms with Gasteiger partial charge < -0.3 is 9.53 Å². The third kappa shape index (κ3) is 6.76. The number of benzene rings is 1. The van der Waals surface area contributed by atoms with Gasteiger partial charge in [-0.2, -0.15) is 0 Å². The Labute approximate surface area is 178 Å². The van der Waals surface area contributed by atoms with Crippen molar-refractivity contribution in [3.63, 3.8) is 0 Å². The molecule has 2 rings (SSSR count). The van der Waals surface area contributed by atoms with Gasteiger partial charge in [-0.15, -0.1) is 11.8 Å². The van der Waals surface area contributed by atoms with Gasteiger partial charge in [0.05, 0.1) is 6.10 Å². The molecule has 1 aliphatic carbocycles. The zero-order chi connectivity index (χ0) is 20.8. The van der Waals surface area contributed by atoms with E-state index >= 15 is 0 Å². The van der Waals surface area contributed by atoms with Crippen molar-refractivity contribution >= 4 is 20.1 Å². The van der Waals surface area contributed by atoms with Crippen molar-refractivity contribution < 1.29 is 9.53 Å². The Morgan fingerprint density at radius 1 is 1.21 bits per heavy atom. The van der Waals surface area contributed by atoms with Crippen LogP contribution in [0.4, 0.5) is 0 Å². The quantitative estimate of drug-likeness (QED) is 0.201. The first-order chi connectivity index (χ1) is 13.0. The highest BCUT2D eigenvalue weighted by molar-refractivity contribution is 7.99. The Morgan fingerprint density at radius 2 is 1.89 bits per heavy atom. The molecule has 1 aromatic rings. The molecule has 158 valence electrons. The molecule has 0 heterocycles. The van der Waals surface area contributed by atoms with Crippen LogP contribution < -0.4 is 0 Å². The first kappa shape index (κ1) is 23.7. The van der Waals surface area contributed by atoms with Crippen LogP contribution in [-0.4, -0.2) is 31.9 Å². The number of allylic oxidation sites excluding steroid dienone is 1. The van der Waals surface area contributed by atoms with E-state index < -0.39 is 8.32 Å². The van der Waals surface area contributed by atoms with Crippen LogP contribution in [0.5, 0.6) is 0 Å². The van der Waals surface area contributed by atoms with Crippen molar-refractivity contribution in [2.75, 3.05) is 12.4 Å². The third-order valence-electron chi connectivity index (χ3n) is 6.69. The standard InChI is InChI=1S/C24H40O2SSi/c1-23(2,3)28(5,6)26-17-10-15-24(4)16-13-21(25)19-20(24)14-18-27-22-11-8-7-9-12-22/h7-9,11-12,19,21,25H,10,13-18H2,1-6H3/t21-,24-/m1/s1. The molecule has 4 heteroatoms. The highest BCUT2D eigenvalue weighted by atomic mass is 32.2. The van der Waals surface area contributed by atoms with Crippen LogP contribution in [0.3, 0.4) is 0 Å². The molecule has 1 N–H and O–H groups in total. The minimum absolute atomic E-state index is 0.202. The van der Waals surface area contributed by atoms with Gasteiger partial charge in [-0.3, -0.25) is 0 Å². The number of thioether (sulfide) groups is 1. The molecule has 0 bridgehead atoms. The molecular formula is C24H40O2SSi. The topological polar surface area (TPSA) is 29.5 Å². The van der Waals surface area contributed by atoms with Crippen molar-refractivity contribution in [1.82, 2.24) is 0 Å². The lowest BCUT2D eigenvalue weighted by atomic mass is 9.69. The van der Waals surface area contributed by atoms with Crippen LogP contribution in [0.15, 0.2) is 46.9 Å². The molecule has 28 heavy (non-hydrogen) atoms. The highest BCUT2D eigenvalue weighted by Crippen LogP contribution is 2.44. The second kappa shape index (κ2) is 9.97. The summed E-state index contributed by atoms with van der Waals surface area (Å²) in [6.45, 7) is 14.8. The van der Waals surface area contributed by atoms with E-state index in [1.54, 1.807) is 0 Å². The molecule has 0 radical (unpaired) electrons. The smallest absolute Gasteiger partial charge is 0.191 e. The number of aliphatic hydroxyl groups is 1. The molecule has 0 spiro atoms. The predicted molar refractivity (Wildman–Crippen MR) is 126 cm³/mol. The Hall–Kier alpha value is -0.553. The molecule has 0 aromatic heterocycles. The summed E-state index contributed by atoms with van der Waals surface area (Å²) < 4.78 is 6.39. The van der Waals surface area contributed by atoms with Crippen molar-refractivity contribution in [2.24, 2.45) is 5.41 Å². The average Bonchev–Trinajstić information content (AvgIpc) is 2.62. The summed E-state index contributed by atoms with van der Waals surface area (Å²) in [5.41, 5.74) is 1.65. The van der Waals surface area contributed by atoms with Gasteiger partial charge in [0.15, 0.2) is 8.32 Å². The number of rotatable bonds is 9. The zero-order valence-electron chi connectivity index (χ0n) is 18.8. The molecule has 0 saturated heterocycles. The third-order valence-corrected chi connectivity index (χ3v) is 12.2. The molecule has 0 aliphatic heterocycles. The van der Waals surface area contributed by atoms with Crippen molar-refractivity contribution in [1.29, 1.82) is 0 Å². The zero-order valence-corrected chi connectivity index (χ0v) is 20.6. The monoisotopic (exact) mass is 420 g/mol. The fourth-order valence-corrected chi connectivity index (χ4v) is 5.61. The lowest BCUT2D eigenvalue weighted by molar-refractivity contribution is 0.155. The molecule has 0 saturated carbocycles. The Morgan fingerprint density at radius 3 is 2.54 bits per heavy atom. The minimum atomic E-state index is -1.66. The van der Waals surface area contributed by atoms with Crippen molar-refractivity contribution in [2.45, 2.75) is 88.9 Å². The van der Waals surface area contributed by atoms with E-state index in [1.807, 2.05) is 11.8 Å². The first-order valence-electron chi connectivity index (χ1n) is 10.7. The maximum absolute atomic E-state index is 10.2. The van der Waals surface area contributed by atoms with Gasteiger partial charge >= 0.3 is 0 Å². The van der Waals surface area contributed by atoms with Gasteiger partial charge in [0.1, 0.15) is 0 Å². The van der Waals surface area contributed by atoms with E-state index in [0.717, 1.165) is 44.5 Å². The normalized spacial score (nSPS) is 23.5. The lowest BCUT2D eigenvalue weighted by Gasteiger charge is -2.39. The van der Waals surface area contributed by atoms with Crippen LogP contribution >= 0.6 is 11.8 Å². The summed E-state index contributed by atoms with van der Waals surface area (Å²) in [5, 5.41) is 10.5. The number of hydrogen-bond acceptors (Lipinski definition) is 3. The molecule has 2 nitrogen and oxygen atoms in total. The Kier molecular flexibility index (Phi) is 8.45. The largest absolute Gasteiger partial charge is 0.417 e. The van der Waals surface area contributed by atoms with Gasteiger partial charge in [-0.05, 0) is 67.8 Å². The van der Waals surface area contributed by atoms with E-state index in [1.165, 1.54) is 10.5 Å². The number of aliphatic hydroxyl groups excluding tert-OH is 1. The van der Waals surface area contributed by atoms with E-state index in [-0.39, 0.29) is 16.6 Å². The van der Waals surface area contributed by atoms with Gasteiger partial charge in [0.25, 0.3) is 0 Å². The Bertz CT molecular complexity index is 636. The van der Waals surface area contributed by atoms with Crippen LogP contribution in [0.1, 0.15) is 59.8 Å². The van der Waals surface area contributed by atoms with Gasteiger partial charge in [-0.1, -0.05) is 57.5 Å². The summed E-state index contributed by atoms with van der Waals surface area (Å²) >= 11 is 1.91. The van der Waals surface area contributed by atoms with E-state index in [2.05, 4.69) is 77.2 Å². The van der Waals surface area contributed by atoms with Crippen LogP contribution in [0, 0.1) is 5.41 Å². The van der Waals surface area contributed by atoms with Crippen molar-refractivity contribution in [3.05, 3.63) is 42.0 Å². The lowest BCUT2D eigenvalue weighted by Crippen LogP contribution is -2.41. The predicted octanol–water partition coefficient (Wildman–Crippen LogP) is 7.06. The summed E-state index contributed by atoms with van der Waals surface area (Å²) in [5.74, 6) is 1.07. The Balaban J connectivity index is 1.88. The molecular weight excluding hydrogens is 380 g/mol. The number of hydrogen-bond donors (Lipinski definition) is 1. The fraction of sp³-hybridized carbons (Fsp3) is 0.667. The molecule has 0 amide bonds. The van der Waals surface area contributed by atoms with E-state index in [0.29, 0.717) is 0 Å². The van der Waals surface area contributed by atoms with Crippen LogP contribution in [0.2, 0.25) is 18.1 Å². The second-order valence-corrected chi connectivity index (χ2v) is 16.0.